The molecule has 0 atom stereocenters. The average molecular weight is 280 g/mol. The Kier molecular flexibility index (Phi) is 4.32. The molecule has 0 aliphatic heterocycles. The molecule has 0 radical (unpaired) electrons. The molecule has 1 N–H and O–H groups in total. The molecule has 0 aliphatic carbocycles. The van der Waals surface area contributed by atoms with Gasteiger partial charge in [0.25, 0.3) is 0 Å². The molecular weight excluding hydrogens is 265 g/mol. The predicted molar refractivity (Wildman–Crippen MR) is 75.1 cm³/mol. The maximum atomic E-state index is 12.8. The highest BCUT2D eigenvalue weighted by Gasteiger charge is 2.07. The van der Waals surface area contributed by atoms with Crippen LogP contribution in [0.15, 0.2) is 24.3 Å². The van der Waals surface area contributed by atoms with Crippen molar-refractivity contribution in [1.82, 2.24) is 10.2 Å². The third-order valence-corrected chi connectivity index (χ3v) is 3.44. The molecule has 100 valence electrons. The standard InChI is InChI=1S/C14H15ClFN3/c1-9-10(2)14(19-18-13(9)15)17-8-7-11-3-5-12(16)6-4-11/h3-6H,7-8H2,1-2H3,(H,17,19). The minimum absolute atomic E-state index is 0.216. The molecule has 19 heavy (non-hydrogen) atoms. The smallest absolute Gasteiger partial charge is 0.155 e. The summed E-state index contributed by atoms with van der Waals surface area (Å²) in [6.45, 7) is 4.58. The molecule has 0 saturated carbocycles. The minimum atomic E-state index is -0.216. The Morgan fingerprint density at radius 1 is 1.11 bits per heavy atom. The predicted octanol–water partition coefficient (Wildman–Crippen LogP) is 3.54. The Hall–Kier alpha value is -1.68. The van der Waals surface area contributed by atoms with Crippen LogP contribution in [-0.2, 0) is 6.42 Å². The highest BCUT2D eigenvalue weighted by molar-refractivity contribution is 6.30. The van der Waals surface area contributed by atoms with Gasteiger partial charge >= 0.3 is 0 Å². The summed E-state index contributed by atoms with van der Waals surface area (Å²) in [5, 5.41) is 11.6. The fraction of sp³-hybridized carbons (Fsp3) is 0.286. The first-order valence-electron chi connectivity index (χ1n) is 6.05. The molecule has 1 aromatic heterocycles. The zero-order valence-electron chi connectivity index (χ0n) is 10.9. The summed E-state index contributed by atoms with van der Waals surface area (Å²) in [6.07, 6.45) is 0.795. The Labute approximate surface area is 116 Å². The number of benzene rings is 1. The van der Waals surface area contributed by atoms with Crippen molar-refractivity contribution in [3.05, 3.63) is 51.9 Å². The van der Waals surface area contributed by atoms with E-state index in [1.54, 1.807) is 12.1 Å². The molecule has 2 rings (SSSR count). The van der Waals surface area contributed by atoms with Gasteiger partial charge in [-0.3, -0.25) is 0 Å². The molecule has 0 aliphatic rings. The molecule has 0 saturated heterocycles. The van der Waals surface area contributed by atoms with Crippen molar-refractivity contribution >= 4 is 17.4 Å². The zero-order chi connectivity index (χ0) is 13.8. The molecule has 1 aromatic carbocycles. The van der Waals surface area contributed by atoms with E-state index in [4.69, 9.17) is 11.6 Å². The van der Waals surface area contributed by atoms with E-state index in [1.165, 1.54) is 12.1 Å². The minimum Gasteiger partial charge on any atom is -0.368 e. The van der Waals surface area contributed by atoms with Crippen molar-refractivity contribution in [2.45, 2.75) is 20.3 Å². The van der Waals surface area contributed by atoms with Crippen LogP contribution in [0, 0.1) is 19.7 Å². The van der Waals surface area contributed by atoms with Crippen molar-refractivity contribution in [3.63, 3.8) is 0 Å². The third-order valence-electron chi connectivity index (χ3n) is 3.08. The number of hydrogen-bond acceptors (Lipinski definition) is 3. The van der Waals surface area contributed by atoms with Crippen LogP contribution in [0.4, 0.5) is 10.2 Å². The monoisotopic (exact) mass is 279 g/mol. The van der Waals surface area contributed by atoms with Crippen LogP contribution in [-0.4, -0.2) is 16.7 Å². The summed E-state index contributed by atoms with van der Waals surface area (Å²) in [5.74, 6) is 0.524. The first-order valence-corrected chi connectivity index (χ1v) is 6.43. The number of nitrogens with zero attached hydrogens (tertiary/aromatic N) is 2. The van der Waals surface area contributed by atoms with Gasteiger partial charge in [0.15, 0.2) is 11.0 Å². The number of halogens is 2. The molecule has 3 nitrogen and oxygen atoms in total. The fourth-order valence-electron chi connectivity index (χ4n) is 1.72. The Bertz CT molecular complexity index is 570. The lowest BCUT2D eigenvalue weighted by atomic mass is 10.1. The van der Waals surface area contributed by atoms with E-state index in [0.717, 1.165) is 28.9 Å². The van der Waals surface area contributed by atoms with Gasteiger partial charge in [-0.15, -0.1) is 10.2 Å². The average Bonchev–Trinajstić information content (AvgIpc) is 2.41. The van der Waals surface area contributed by atoms with Gasteiger partial charge in [0.1, 0.15) is 5.82 Å². The van der Waals surface area contributed by atoms with Crippen LogP contribution in [0.5, 0.6) is 0 Å². The molecule has 5 heteroatoms. The lowest BCUT2D eigenvalue weighted by Crippen LogP contribution is -2.09. The summed E-state index contributed by atoms with van der Waals surface area (Å²) in [7, 11) is 0. The second-order valence-electron chi connectivity index (χ2n) is 4.39. The van der Waals surface area contributed by atoms with Crippen LogP contribution in [0.1, 0.15) is 16.7 Å². The molecule has 0 unspecified atom stereocenters. The molecule has 0 bridgehead atoms. The van der Waals surface area contributed by atoms with E-state index in [0.29, 0.717) is 11.7 Å². The van der Waals surface area contributed by atoms with Gasteiger partial charge in [-0.25, -0.2) is 4.39 Å². The lowest BCUT2D eigenvalue weighted by molar-refractivity contribution is 0.627. The third kappa shape index (κ3) is 3.41. The second-order valence-corrected chi connectivity index (χ2v) is 4.75. The van der Waals surface area contributed by atoms with E-state index in [1.807, 2.05) is 13.8 Å². The van der Waals surface area contributed by atoms with Gasteiger partial charge < -0.3 is 5.32 Å². The van der Waals surface area contributed by atoms with Gasteiger partial charge in [-0.1, -0.05) is 23.7 Å². The quantitative estimate of drug-likeness (QED) is 0.930. The maximum absolute atomic E-state index is 12.8. The van der Waals surface area contributed by atoms with Crippen molar-refractivity contribution in [1.29, 1.82) is 0 Å². The van der Waals surface area contributed by atoms with Gasteiger partial charge in [-0.05, 0) is 49.1 Å². The number of rotatable bonds is 4. The normalized spacial score (nSPS) is 10.5. The van der Waals surface area contributed by atoms with E-state index >= 15 is 0 Å². The van der Waals surface area contributed by atoms with Crippen molar-refractivity contribution in [2.24, 2.45) is 0 Å². The highest BCUT2D eigenvalue weighted by Crippen LogP contribution is 2.20. The molecular formula is C14H15ClFN3. The topological polar surface area (TPSA) is 37.8 Å². The summed E-state index contributed by atoms with van der Waals surface area (Å²) in [4.78, 5) is 0. The SMILES string of the molecule is Cc1c(Cl)nnc(NCCc2ccc(F)cc2)c1C. The molecule has 2 aromatic rings. The number of nitrogens with one attached hydrogen (secondary N) is 1. The number of aromatic nitrogens is 2. The lowest BCUT2D eigenvalue weighted by Gasteiger charge is -2.10. The summed E-state index contributed by atoms with van der Waals surface area (Å²) >= 11 is 5.89. The van der Waals surface area contributed by atoms with Crippen LogP contribution < -0.4 is 5.32 Å². The fourth-order valence-corrected chi connectivity index (χ4v) is 1.90. The van der Waals surface area contributed by atoms with E-state index in [-0.39, 0.29) is 5.82 Å². The van der Waals surface area contributed by atoms with Gasteiger partial charge in [0.2, 0.25) is 0 Å². The number of anilines is 1. The van der Waals surface area contributed by atoms with Crippen molar-refractivity contribution < 1.29 is 4.39 Å². The van der Waals surface area contributed by atoms with E-state index < -0.39 is 0 Å². The molecule has 0 amide bonds. The Morgan fingerprint density at radius 2 is 1.79 bits per heavy atom. The van der Waals surface area contributed by atoms with Crippen LogP contribution in [0.2, 0.25) is 5.15 Å². The van der Waals surface area contributed by atoms with Crippen LogP contribution >= 0.6 is 11.6 Å². The van der Waals surface area contributed by atoms with E-state index in [2.05, 4.69) is 15.5 Å². The van der Waals surface area contributed by atoms with Gasteiger partial charge in [0, 0.05) is 6.54 Å². The summed E-state index contributed by atoms with van der Waals surface area (Å²) < 4.78 is 12.8. The first kappa shape index (κ1) is 13.7. The largest absolute Gasteiger partial charge is 0.368 e. The van der Waals surface area contributed by atoms with Gasteiger partial charge in [-0.2, -0.15) is 0 Å². The number of hydrogen-bond donors (Lipinski definition) is 1. The highest BCUT2D eigenvalue weighted by atomic mass is 35.5. The van der Waals surface area contributed by atoms with Crippen LogP contribution in [0.3, 0.4) is 0 Å². The Morgan fingerprint density at radius 3 is 2.47 bits per heavy atom. The van der Waals surface area contributed by atoms with Crippen molar-refractivity contribution in [3.8, 4) is 0 Å². The van der Waals surface area contributed by atoms with Gasteiger partial charge in [0.05, 0.1) is 0 Å². The zero-order valence-corrected chi connectivity index (χ0v) is 11.6. The summed E-state index contributed by atoms with van der Waals surface area (Å²) in [5.41, 5.74) is 3.00. The Balaban J connectivity index is 1.96. The van der Waals surface area contributed by atoms with E-state index in [9.17, 15) is 4.39 Å². The molecule has 0 fully saturated rings. The molecule has 0 spiro atoms. The maximum Gasteiger partial charge on any atom is 0.155 e. The second kappa shape index (κ2) is 5.97. The van der Waals surface area contributed by atoms with Crippen molar-refractivity contribution in [2.75, 3.05) is 11.9 Å². The summed E-state index contributed by atoms with van der Waals surface area (Å²) in [6, 6.07) is 6.49. The first-order chi connectivity index (χ1) is 9.08. The molecule has 1 heterocycles. The van der Waals surface area contributed by atoms with Crippen LogP contribution in [0.25, 0.3) is 0 Å².